The molecule has 1 aliphatic heterocycles. The third kappa shape index (κ3) is 3.04. The predicted octanol–water partition coefficient (Wildman–Crippen LogP) is 3.22. The number of hydrogen-bond donors (Lipinski definition) is 0. The third-order valence-corrected chi connectivity index (χ3v) is 4.89. The lowest BCUT2D eigenvalue weighted by Gasteiger charge is -2.28. The second kappa shape index (κ2) is 5.92. The summed E-state index contributed by atoms with van der Waals surface area (Å²) in [6.07, 6.45) is 3.00. The number of rotatable bonds is 2. The molecule has 0 N–H and O–H groups in total. The number of fused-ring (bicyclic) bond motifs is 2. The Morgan fingerprint density at radius 3 is 2.76 bits per heavy atom. The topological polar surface area (TPSA) is 46.8 Å². The highest BCUT2D eigenvalue weighted by Gasteiger charge is 2.23. The molecule has 4 rings (SSSR count). The van der Waals surface area contributed by atoms with Crippen LogP contribution in [0, 0.1) is 0 Å². The van der Waals surface area contributed by atoms with Crippen molar-refractivity contribution in [3.63, 3.8) is 0 Å². The lowest BCUT2D eigenvalue weighted by Crippen LogP contribution is -2.32. The molecular weight excluding hydrogens is 310 g/mol. The quantitative estimate of drug-likeness (QED) is 0.721. The highest BCUT2D eigenvalue weighted by molar-refractivity contribution is 5.81. The summed E-state index contributed by atoms with van der Waals surface area (Å²) in [4.78, 5) is 11.9. The van der Waals surface area contributed by atoms with Gasteiger partial charge in [0.15, 0.2) is 0 Å². The minimum absolute atomic E-state index is 0.000954. The Morgan fingerprint density at radius 1 is 1.16 bits per heavy atom. The van der Waals surface area contributed by atoms with Gasteiger partial charge >= 0.3 is 0 Å². The van der Waals surface area contributed by atoms with E-state index in [-0.39, 0.29) is 5.41 Å². The van der Waals surface area contributed by atoms with Gasteiger partial charge < -0.3 is 0 Å². The Labute approximate surface area is 148 Å². The first-order chi connectivity index (χ1) is 11.9. The molecule has 0 saturated carbocycles. The molecule has 5 nitrogen and oxygen atoms in total. The second-order valence-corrected chi connectivity index (χ2v) is 7.96. The van der Waals surface area contributed by atoms with E-state index in [0.717, 1.165) is 37.6 Å². The Bertz CT molecular complexity index is 919. The molecule has 3 aromatic rings. The van der Waals surface area contributed by atoms with Gasteiger partial charge in [0.1, 0.15) is 5.82 Å². The normalized spacial score (nSPS) is 15.5. The zero-order valence-corrected chi connectivity index (χ0v) is 15.5. The van der Waals surface area contributed by atoms with Gasteiger partial charge in [-0.2, -0.15) is 5.10 Å². The van der Waals surface area contributed by atoms with Crippen molar-refractivity contribution in [3.8, 4) is 0 Å². The number of benzene rings is 1. The van der Waals surface area contributed by atoms with Crippen LogP contribution in [0.25, 0.3) is 10.9 Å². The fourth-order valence-corrected chi connectivity index (χ4v) is 3.49. The van der Waals surface area contributed by atoms with Gasteiger partial charge in [-0.1, -0.05) is 39.0 Å². The summed E-state index contributed by atoms with van der Waals surface area (Å²) < 4.78 is 1.97. The molecule has 0 fully saturated rings. The van der Waals surface area contributed by atoms with Crippen LogP contribution in [-0.2, 0) is 32.0 Å². The van der Waals surface area contributed by atoms with Crippen LogP contribution in [-0.4, -0.2) is 31.2 Å². The molecule has 0 atom stereocenters. The summed E-state index contributed by atoms with van der Waals surface area (Å²) in [6.45, 7) is 9.26. The fraction of sp³-hybridized carbons (Fsp3) is 0.450. The van der Waals surface area contributed by atoms with Crippen LogP contribution >= 0.6 is 0 Å². The van der Waals surface area contributed by atoms with Crippen molar-refractivity contribution in [1.29, 1.82) is 0 Å². The molecule has 0 bridgehead atoms. The summed E-state index contributed by atoms with van der Waals surface area (Å²) in [5, 5.41) is 5.98. The minimum atomic E-state index is -0.000954. The van der Waals surface area contributed by atoms with Crippen LogP contribution in [0.3, 0.4) is 0 Å². The number of aromatic nitrogens is 4. The maximum Gasteiger partial charge on any atom is 0.133 e. The molecule has 0 amide bonds. The van der Waals surface area contributed by atoms with Crippen LogP contribution in [0.1, 0.15) is 43.5 Å². The van der Waals surface area contributed by atoms with Gasteiger partial charge in [0.25, 0.3) is 0 Å². The van der Waals surface area contributed by atoms with Gasteiger partial charge in [0.2, 0.25) is 0 Å². The Morgan fingerprint density at radius 2 is 1.96 bits per heavy atom. The molecule has 0 unspecified atom stereocenters. The molecule has 5 heteroatoms. The standard InChI is InChI=1S/C20H25N5/c1-20(2,3)19-21-11-14-12-25(10-9-16(14)22-19)13-17-15-7-5-6-8-18(15)24(4)23-17/h5-8,11H,9-10,12-13H2,1-4H3. The van der Waals surface area contributed by atoms with Crippen molar-refractivity contribution in [2.75, 3.05) is 6.54 Å². The zero-order chi connectivity index (χ0) is 17.6. The lowest BCUT2D eigenvalue weighted by atomic mass is 9.95. The number of nitrogens with zero attached hydrogens (tertiary/aromatic N) is 5. The van der Waals surface area contributed by atoms with Crippen molar-refractivity contribution >= 4 is 10.9 Å². The molecule has 25 heavy (non-hydrogen) atoms. The molecule has 0 spiro atoms. The van der Waals surface area contributed by atoms with Crippen molar-refractivity contribution in [2.45, 2.75) is 45.7 Å². The zero-order valence-electron chi connectivity index (χ0n) is 15.5. The van der Waals surface area contributed by atoms with E-state index in [1.807, 2.05) is 17.9 Å². The van der Waals surface area contributed by atoms with Crippen molar-refractivity contribution < 1.29 is 0 Å². The molecule has 0 radical (unpaired) electrons. The molecule has 130 valence electrons. The first-order valence-corrected chi connectivity index (χ1v) is 8.90. The number of para-hydroxylation sites is 1. The highest BCUT2D eigenvalue weighted by Crippen LogP contribution is 2.25. The molecule has 2 aromatic heterocycles. The van der Waals surface area contributed by atoms with Gasteiger partial charge in [-0.05, 0) is 6.07 Å². The van der Waals surface area contributed by atoms with E-state index in [9.17, 15) is 0 Å². The molecular formula is C20H25N5. The summed E-state index contributed by atoms with van der Waals surface area (Å²) in [6, 6.07) is 8.43. The summed E-state index contributed by atoms with van der Waals surface area (Å²) in [7, 11) is 2.01. The Hall–Kier alpha value is -2.27. The van der Waals surface area contributed by atoms with Crippen LogP contribution in [0.15, 0.2) is 30.5 Å². The highest BCUT2D eigenvalue weighted by atomic mass is 15.3. The van der Waals surface area contributed by atoms with E-state index in [1.54, 1.807) is 0 Å². The van der Waals surface area contributed by atoms with Crippen LogP contribution in [0.4, 0.5) is 0 Å². The first-order valence-electron chi connectivity index (χ1n) is 8.90. The molecule has 1 aromatic carbocycles. The molecule has 3 heterocycles. The summed E-state index contributed by atoms with van der Waals surface area (Å²) in [5.74, 6) is 0.940. The summed E-state index contributed by atoms with van der Waals surface area (Å²) in [5.41, 5.74) is 4.79. The molecule has 1 aliphatic rings. The van der Waals surface area contributed by atoms with Crippen molar-refractivity contribution in [3.05, 3.63) is 53.2 Å². The van der Waals surface area contributed by atoms with Crippen LogP contribution < -0.4 is 0 Å². The van der Waals surface area contributed by atoms with Gasteiger partial charge in [-0.15, -0.1) is 0 Å². The first kappa shape index (κ1) is 16.2. The van der Waals surface area contributed by atoms with Crippen LogP contribution in [0.5, 0.6) is 0 Å². The fourth-order valence-electron chi connectivity index (χ4n) is 3.49. The summed E-state index contributed by atoms with van der Waals surface area (Å²) >= 11 is 0. The van der Waals surface area contributed by atoms with Crippen LogP contribution in [0.2, 0.25) is 0 Å². The maximum absolute atomic E-state index is 4.82. The van der Waals surface area contributed by atoms with Gasteiger partial charge in [-0.3, -0.25) is 9.58 Å². The molecule has 0 aliphatic carbocycles. The molecule has 0 saturated heterocycles. The van der Waals surface area contributed by atoms with E-state index in [1.165, 1.54) is 22.2 Å². The van der Waals surface area contributed by atoms with E-state index in [2.05, 4.69) is 54.9 Å². The van der Waals surface area contributed by atoms with E-state index in [0.29, 0.717) is 0 Å². The average Bonchev–Trinajstić information content (AvgIpc) is 2.90. The van der Waals surface area contributed by atoms with Crippen molar-refractivity contribution in [1.82, 2.24) is 24.6 Å². The number of hydrogen-bond acceptors (Lipinski definition) is 4. The van der Waals surface area contributed by atoms with E-state index in [4.69, 9.17) is 10.1 Å². The number of aryl methyl sites for hydroxylation is 1. The smallest absolute Gasteiger partial charge is 0.133 e. The SMILES string of the molecule is Cn1nc(CN2CCc3nc(C(C)(C)C)ncc3C2)c2ccccc21. The van der Waals surface area contributed by atoms with Crippen molar-refractivity contribution in [2.24, 2.45) is 7.05 Å². The third-order valence-electron chi connectivity index (χ3n) is 4.89. The minimum Gasteiger partial charge on any atom is -0.293 e. The maximum atomic E-state index is 4.82. The van der Waals surface area contributed by atoms with E-state index < -0.39 is 0 Å². The largest absolute Gasteiger partial charge is 0.293 e. The van der Waals surface area contributed by atoms with E-state index >= 15 is 0 Å². The lowest BCUT2D eigenvalue weighted by molar-refractivity contribution is 0.239. The Kier molecular flexibility index (Phi) is 3.84. The second-order valence-electron chi connectivity index (χ2n) is 7.96. The van der Waals surface area contributed by atoms with Gasteiger partial charge in [0.05, 0.1) is 11.2 Å². The predicted molar refractivity (Wildman–Crippen MR) is 99.3 cm³/mol. The monoisotopic (exact) mass is 335 g/mol. The van der Waals surface area contributed by atoms with Gasteiger partial charge in [-0.25, -0.2) is 9.97 Å². The average molecular weight is 335 g/mol. The van der Waals surface area contributed by atoms with Gasteiger partial charge in [0, 0.05) is 61.4 Å². The Balaban J connectivity index is 1.56.